The molecule has 0 aromatic carbocycles. The Balaban J connectivity index is 2.31. The van der Waals surface area contributed by atoms with Gasteiger partial charge in [-0.25, -0.2) is 0 Å². The van der Waals surface area contributed by atoms with Gasteiger partial charge >= 0.3 is 0 Å². The van der Waals surface area contributed by atoms with E-state index in [0.717, 1.165) is 0 Å². The van der Waals surface area contributed by atoms with Gasteiger partial charge in [0.25, 0.3) is 0 Å². The van der Waals surface area contributed by atoms with Crippen LogP contribution >= 0.6 is 108 Å². The van der Waals surface area contributed by atoms with Crippen molar-refractivity contribution in [1.29, 1.82) is 0 Å². The Labute approximate surface area is 165 Å². The van der Waals surface area contributed by atoms with Gasteiger partial charge in [-0.15, -0.1) is 82.3 Å². The van der Waals surface area contributed by atoms with Gasteiger partial charge in [-0.2, -0.15) is 25.3 Å². The van der Waals surface area contributed by atoms with Crippen LogP contribution in [0.25, 0.3) is 0 Å². The monoisotopic (exact) mass is 442 g/mol. The first-order valence-electron chi connectivity index (χ1n) is 6.23. The predicted octanol–water partition coefficient (Wildman–Crippen LogP) is 6.90. The van der Waals surface area contributed by atoms with Crippen molar-refractivity contribution in [2.45, 2.75) is 53.9 Å². The summed E-state index contributed by atoms with van der Waals surface area (Å²) in [6.45, 7) is 8.90. The van der Waals surface area contributed by atoms with Crippen molar-refractivity contribution >= 4 is 108 Å². The molecule has 1 fully saturated rings. The van der Waals surface area contributed by atoms with E-state index in [1.807, 2.05) is 23.5 Å². The minimum absolute atomic E-state index is 0.420. The molecule has 0 nitrogen and oxygen atoms in total. The molecule has 0 bridgehead atoms. The van der Waals surface area contributed by atoms with Crippen molar-refractivity contribution < 1.29 is 0 Å². The van der Waals surface area contributed by atoms with E-state index >= 15 is 0 Å². The summed E-state index contributed by atoms with van der Waals surface area (Å²) >= 11 is 23.3. The fourth-order valence-electron chi connectivity index (χ4n) is 1.39. The van der Waals surface area contributed by atoms with Crippen molar-refractivity contribution in [1.82, 2.24) is 0 Å². The fourth-order valence-corrected chi connectivity index (χ4v) is 17.1. The molecule has 6 unspecified atom stereocenters. The summed E-state index contributed by atoms with van der Waals surface area (Å²) in [6.07, 6.45) is 0. The van der Waals surface area contributed by atoms with Crippen LogP contribution in [0.4, 0.5) is 0 Å². The van der Waals surface area contributed by atoms with Gasteiger partial charge in [0.2, 0.25) is 0 Å². The predicted molar refractivity (Wildman–Crippen MR) is 121 cm³/mol. The van der Waals surface area contributed by atoms with E-state index in [-0.39, 0.29) is 0 Å². The summed E-state index contributed by atoms with van der Waals surface area (Å²) < 4.78 is 3.40. The molecule has 0 N–H and O–H groups in total. The minimum atomic E-state index is 0.420. The summed E-state index contributed by atoms with van der Waals surface area (Å²) in [7, 11) is 0. The zero-order valence-electron chi connectivity index (χ0n) is 11.9. The summed E-state index contributed by atoms with van der Waals surface area (Å²) in [4.78, 5) is 0. The lowest BCUT2D eigenvalue weighted by molar-refractivity contribution is 1.36. The average Bonchev–Trinajstić information content (AvgIpc) is 2.26. The molecule has 1 aliphatic rings. The number of rotatable bonds is 8. The van der Waals surface area contributed by atoms with Crippen LogP contribution in [0.2, 0.25) is 0 Å². The number of hydrogen-bond donors (Lipinski definition) is 2. The zero-order valence-corrected chi connectivity index (χ0v) is 19.4. The van der Waals surface area contributed by atoms with Gasteiger partial charge in [0.1, 0.15) is 0 Å². The third-order valence-electron chi connectivity index (χ3n) is 2.01. The Morgan fingerprint density at radius 2 is 1.25 bits per heavy atom. The molecular formula is C11H22S9. The molecule has 0 saturated carbocycles. The lowest BCUT2D eigenvalue weighted by Gasteiger charge is -2.30. The summed E-state index contributed by atoms with van der Waals surface area (Å²) in [5.41, 5.74) is 0. The maximum absolute atomic E-state index is 4.47. The molecule has 0 spiro atoms. The van der Waals surface area contributed by atoms with Gasteiger partial charge in [0.15, 0.2) is 0 Å². The highest BCUT2D eigenvalue weighted by Crippen LogP contribution is 2.54. The highest BCUT2D eigenvalue weighted by Gasteiger charge is 2.27. The lowest BCUT2D eigenvalue weighted by atomic mass is 10.9. The van der Waals surface area contributed by atoms with E-state index in [0.29, 0.717) is 26.2 Å². The van der Waals surface area contributed by atoms with Crippen LogP contribution in [0.1, 0.15) is 27.7 Å². The van der Waals surface area contributed by atoms with E-state index in [9.17, 15) is 0 Å². The van der Waals surface area contributed by atoms with Crippen LogP contribution < -0.4 is 0 Å². The molecule has 9 heteroatoms. The maximum Gasteiger partial charge on any atom is 0.0994 e. The Kier molecular flexibility index (Phi) is 12.4. The number of thioether (sulfide) groups is 7. The molecule has 6 atom stereocenters. The van der Waals surface area contributed by atoms with Crippen LogP contribution in [0.15, 0.2) is 0 Å². The van der Waals surface area contributed by atoms with Gasteiger partial charge < -0.3 is 0 Å². The van der Waals surface area contributed by atoms with Crippen LogP contribution in [-0.4, -0.2) is 31.2 Å². The van der Waals surface area contributed by atoms with Gasteiger partial charge in [0.05, 0.1) is 17.0 Å². The molecule has 0 aliphatic carbocycles. The van der Waals surface area contributed by atoms with Crippen LogP contribution in [0, 0.1) is 0 Å². The summed E-state index contributed by atoms with van der Waals surface area (Å²) in [5.74, 6) is 0. The first-order valence-corrected chi connectivity index (χ1v) is 14.1. The third-order valence-corrected chi connectivity index (χ3v) is 13.2. The molecule has 1 aliphatic heterocycles. The van der Waals surface area contributed by atoms with E-state index in [1.165, 1.54) is 5.08 Å². The van der Waals surface area contributed by atoms with Crippen LogP contribution in [0.5, 0.6) is 0 Å². The topological polar surface area (TPSA) is 0 Å². The van der Waals surface area contributed by atoms with Crippen molar-refractivity contribution in [2.24, 2.45) is 0 Å². The molecule has 1 saturated heterocycles. The quantitative estimate of drug-likeness (QED) is 0.306. The largest absolute Gasteiger partial charge is 0.165 e. The smallest absolute Gasteiger partial charge is 0.0994 e. The van der Waals surface area contributed by atoms with Crippen molar-refractivity contribution in [3.63, 3.8) is 0 Å². The Morgan fingerprint density at radius 1 is 0.850 bits per heavy atom. The summed E-state index contributed by atoms with van der Waals surface area (Å²) in [6, 6.07) is 0. The molecule has 0 aromatic rings. The van der Waals surface area contributed by atoms with Gasteiger partial charge in [-0.1, -0.05) is 0 Å². The molecule has 20 heavy (non-hydrogen) atoms. The molecule has 120 valence electrons. The van der Waals surface area contributed by atoms with E-state index in [4.69, 9.17) is 0 Å². The molecule has 0 amide bonds. The Bertz CT molecular complexity index is 236. The average molecular weight is 443 g/mol. The van der Waals surface area contributed by atoms with Crippen molar-refractivity contribution in [3.05, 3.63) is 0 Å². The SMILES string of the molecule is CC(S)SC(C)SC1SCSC(SC(C)SC(C)S)S1. The second-order valence-electron chi connectivity index (χ2n) is 4.04. The number of thiol groups is 2. The molecular weight excluding hydrogens is 421 g/mol. The minimum Gasteiger partial charge on any atom is -0.165 e. The normalized spacial score (nSPS) is 29.7. The maximum atomic E-state index is 4.47. The third kappa shape index (κ3) is 10.1. The first kappa shape index (κ1) is 21.2. The van der Waals surface area contributed by atoms with Gasteiger partial charge in [0, 0.05) is 14.2 Å². The van der Waals surface area contributed by atoms with Crippen LogP contribution in [0.3, 0.4) is 0 Å². The van der Waals surface area contributed by atoms with Gasteiger partial charge in [-0.05, 0) is 27.7 Å². The van der Waals surface area contributed by atoms with Crippen molar-refractivity contribution in [2.75, 3.05) is 5.08 Å². The second kappa shape index (κ2) is 11.7. The standard InChI is InChI=1S/C11H22S9/c1-6(12)16-8(3)18-10-14-5-15-11(20-10)19-9(4)17-7(2)13/h6-13H,5H2,1-4H3. The fraction of sp³-hybridized carbons (Fsp3) is 1.00. The van der Waals surface area contributed by atoms with Gasteiger partial charge in [-0.3, -0.25) is 0 Å². The lowest BCUT2D eigenvalue weighted by Crippen LogP contribution is -2.11. The summed E-state index contributed by atoms with van der Waals surface area (Å²) in [5, 5.41) is 1.21. The molecule has 1 rings (SSSR count). The molecule has 0 radical (unpaired) electrons. The number of hydrogen-bond acceptors (Lipinski definition) is 9. The van der Waals surface area contributed by atoms with E-state index in [2.05, 4.69) is 112 Å². The Morgan fingerprint density at radius 3 is 1.60 bits per heavy atom. The highest BCUT2D eigenvalue weighted by molar-refractivity contribution is 8.48. The second-order valence-corrected chi connectivity index (χ2v) is 18.7. The van der Waals surface area contributed by atoms with E-state index < -0.39 is 0 Å². The highest BCUT2D eigenvalue weighted by atomic mass is 32.3. The molecule has 0 aromatic heterocycles. The van der Waals surface area contributed by atoms with Crippen LogP contribution in [-0.2, 0) is 0 Å². The van der Waals surface area contributed by atoms with E-state index in [1.54, 1.807) is 0 Å². The zero-order chi connectivity index (χ0) is 15.1. The first-order chi connectivity index (χ1) is 9.36. The van der Waals surface area contributed by atoms with Crippen molar-refractivity contribution in [3.8, 4) is 0 Å². The Hall–Kier alpha value is 3.15. The molecule has 1 heterocycles.